The molecule has 1 saturated heterocycles. The van der Waals surface area contributed by atoms with Gasteiger partial charge in [-0.05, 0) is 19.1 Å². The van der Waals surface area contributed by atoms with E-state index in [1.165, 1.54) is 0 Å². The molecule has 1 aliphatic rings. The zero-order chi connectivity index (χ0) is 21.8. The highest BCUT2D eigenvalue weighted by Gasteiger charge is 2.19. The number of morpholine rings is 1. The fourth-order valence-corrected chi connectivity index (χ4v) is 3.73. The van der Waals surface area contributed by atoms with Crippen LogP contribution in [-0.4, -0.2) is 83.1 Å². The van der Waals surface area contributed by atoms with Gasteiger partial charge in [-0.2, -0.15) is 0 Å². The molecule has 0 unspecified atom stereocenters. The summed E-state index contributed by atoms with van der Waals surface area (Å²) in [5.74, 6) is 2.95. The molecule has 0 aliphatic carbocycles. The van der Waals surface area contributed by atoms with Crippen molar-refractivity contribution >= 4 is 17.0 Å². The van der Waals surface area contributed by atoms with Crippen molar-refractivity contribution < 1.29 is 19.3 Å². The molecule has 2 aromatic heterocycles. The topological polar surface area (TPSA) is 107 Å². The van der Waals surface area contributed by atoms with Gasteiger partial charge in [0.25, 0.3) is 0 Å². The van der Waals surface area contributed by atoms with Crippen LogP contribution in [0.1, 0.15) is 11.6 Å². The van der Waals surface area contributed by atoms with Gasteiger partial charge in [-0.25, -0.2) is 15.0 Å². The monoisotopic (exact) mass is 428 g/mol. The summed E-state index contributed by atoms with van der Waals surface area (Å²) in [5.41, 5.74) is 2.01. The highest BCUT2D eigenvalue weighted by Crippen LogP contribution is 2.32. The second-order valence-electron chi connectivity index (χ2n) is 7.23. The SMILES string of the molecule is COc1ccc(-n2c(CO)nc3c(NCCN4CCOCC4)nc(C)nc32)cc1OC. The standard InChI is InChI=1S/C21H28N6O4/c1-14-23-20(22-6-7-26-8-10-31-11-9-26)19-21(24-14)27(18(13-28)25-19)15-4-5-16(29-2)17(12-15)30-3/h4-5,12,28H,6-11,13H2,1-3H3,(H,22,23,24). The molecule has 10 heteroatoms. The zero-order valence-corrected chi connectivity index (χ0v) is 18.1. The van der Waals surface area contributed by atoms with Gasteiger partial charge in [0.1, 0.15) is 18.3 Å². The summed E-state index contributed by atoms with van der Waals surface area (Å²) in [7, 11) is 3.18. The molecule has 1 aliphatic heterocycles. The third-order valence-corrected chi connectivity index (χ3v) is 5.28. The number of hydrogen-bond acceptors (Lipinski definition) is 9. The van der Waals surface area contributed by atoms with E-state index in [1.807, 2.05) is 29.7 Å². The van der Waals surface area contributed by atoms with Crippen LogP contribution in [0.3, 0.4) is 0 Å². The molecule has 0 radical (unpaired) electrons. The molecule has 2 N–H and O–H groups in total. The van der Waals surface area contributed by atoms with Crippen LogP contribution in [0, 0.1) is 6.92 Å². The molecule has 3 aromatic rings. The van der Waals surface area contributed by atoms with E-state index in [0.717, 1.165) is 45.1 Å². The number of aromatic nitrogens is 4. The summed E-state index contributed by atoms with van der Waals surface area (Å²) in [6, 6.07) is 5.53. The van der Waals surface area contributed by atoms with Gasteiger partial charge in [-0.15, -0.1) is 0 Å². The van der Waals surface area contributed by atoms with E-state index in [0.29, 0.717) is 40.1 Å². The number of nitrogens with one attached hydrogen (secondary N) is 1. The van der Waals surface area contributed by atoms with Crippen molar-refractivity contribution in [2.24, 2.45) is 0 Å². The molecule has 166 valence electrons. The second kappa shape index (κ2) is 9.46. The first-order valence-corrected chi connectivity index (χ1v) is 10.3. The molecule has 3 heterocycles. The maximum Gasteiger partial charge on any atom is 0.170 e. The Kier molecular flexibility index (Phi) is 6.50. The summed E-state index contributed by atoms with van der Waals surface area (Å²) >= 11 is 0. The van der Waals surface area contributed by atoms with Gasteiger partial charge in [-0.3, -0.25) is 9.47 Å². The van der Waals surface area contributed by atoms with Crippen LogP contribution in [0.15, 0.2) is 18.2 Å². The first-order chi connectivity index (χ1) is 15.1. The van der Waals surface area contributed by atoms with Crippen molar-refractivity contribution in [1.82, 2.24) is 24.4 Å². The quantitative estimate of drug-likeness (QED) is 0.550. The Morgan fingerprint density at radius 3 is 2.58 bits per heavy atom. The molecular formula is C21H28N6O4. The number of aliphatic hydroxyl groups is 1. The third kappa shape index (κ3) is 4.41. The number of methoxy groups -OCH3 is 2. The average molecular weight is 428 g/mol. The molecule has 31 heavy (non-hydrogen) atoms. The lowest BCUT2D eigenvalue weighted by Crippen LogP contribution is -2.39. The van der Waals surface area contributed by atoms with Crippen LogP contribution < -0.4 is 14.8 Å². The summed E-state index contributed by atoms with van der Waals surface area (Å²) in [6.07, 6.45) is 0. The van der Waals surface area contributed by atoms with Crippen molar-refractivity contribution in [3.63, 3.8) is 0 Å². The Morgan fingerprint density at radius 2 is 1.87 bits per heavy atom. The Labute approximate surface area is 180 Å². The van der Waals surface area contributed by atoms with Crippen molar-refractivity contribution in [2.45, 2.75) is 13.5 Å². The second-order valence-corrected chi connectivity index (χ2v) is 7.23. The molecule has 0 saturated carbocycles. The summed E-state index contributed by atoms with van der Waals surface area (Å²) in [5, 5.41) is 13.4. The van der Waals surface area contributed by atoms with Gasteiger partial charge in [0.15, 0.2) is 28.5 Å². The van der Waals surface area contributed by atoms with Crippen LogP contribution >= 0.6 is 0 Å². The molecule has 0 spiro atoms. The number of rotatable bonds is 8. The number of ether oxygens (including phenoxy) is 3. The molecule has 0 atom stereocenters. The van der Waals surface area contributed by atoms with Crippen LogP contribution in [0.2, 0.25) is 0 Å². The number of fused-ring (bicyclic) bond motifs is 1. The average Bonchev–Trinajstić information content (AvgIpc) is 3.17. The number of anilines is 1. The fraction of sp³-hybridized carbons (Fsp3) is 0.476. The van der Waals surface area contributed by atoms with Crippen molar-refractivity contribution in [2.75, 3.05) is 58.9 Å². The Hall–Kier alpha value is -2.95. The predicted octanol–water partition coefficient (Wildman–Crippen LogP) is 1.38. The van der Waals surface area contributed by atoms with Gasteiger partial charge in [-0.1, -0.05) is 0 Å². The predicted molar refractivity (Wildman–Crippen MR) is 116 cm³/mol. The van der Waals surface area contributed by atoms with E-state index < -0.39 is 0 Å². The highest BCUT2D eigenvalue weighted by atomic mass is 16.5. The number of aryl methyl sites for hydroxylation is 1. The minimum atomic E-state index is -0.239. The van der Waals surface area contributed by atoms with Gasteiger partial charge in [0.05, 0.1) is 33.1 Å². The number of imidazole rings is 1. The van der Waals surface area contributed by atoms with E-state index in [9.17, 15) is 5.11 Å². The van der Waals surface area contributed by atoms with Crippen molar-refractivity contribution in [3.8, 4) is 17.2 Å². The van der Waals surface area contributed by atoms with Crippen molar-refractivity contribution in [1.29, 1.82) is 0 Å². The Balaban J connectivity index is 1.68. The van der Waals surface area contributed by atoms with Crippen LogP contribution in [-0.2, 0) is 11.3 Å². The van der Waals surface area contributed by atoms with Gasteiger partial charge in [0, 0.05) is 32.2 Å². The molecule has 10 nitrogen and oxygen atoms in total. The first-order valence-electron chi connectivity index (χ1n) is 10.3. The lowest BCUT2D eigenvalue weighted by atomic mass is 10.2. The maximum absolute atomic E-state index is 9.99. The number of aliphatic hydroxyl groups excluding tert-OH is 1. The summed E-state index contributed by atoms with van der Waals surface area (Å²) in [6.45, 7) is 6.62. The molecule has 1 fully saturated rings. The molecule has 0 bridgehead atoms. The Morgan fingerprint density at radius 1 is 1.10 bits per heavy atom. The largest absolute Gasteiger partial charge is 0.493 e. The maximum atomic E-state index is 9.99. The molecule has 0 amide bonds. The summed E-state index contributed by atoms with van der Waals surface area (Å²) < 4.78 is 18.0. The first kappa shape index (κ1) is 21.3. The molecule has 1 aromatic carbocycles. The zero-order valence-electron chi connectivity index (χ0n) is 18.1. The van der Waals surface area contributed by atoms with E-state index in [-0.39, 0.29) is 6.61 Å². The van der Waals surface area contributed by atoms with Crippen molar-refractivity contribution in [3.05, 3.63) is 29.8 Å². The van der Waals surface area contributed by atoms with Gasteiger partial charge >= 0.3 is 0 Å². The van der Waals surface area contributed by atoms with Crippen LogP contribution in [0.25, 0.3) is 16.9 Å². The van der Waals surface area contributed by atoms with Crippen LogP contribution in [0.5, 0.6) is 11.5 Å². The van der Waals surface area contributed by atoms with E-state index >= 15 is 0 Å². The lowest BCUT2D eigenvalue weighted by Gasteiger charge is -2.26. The van der Waals surface area contributed by atoms with E-state index in [2.05, 4.69) is 25.2 Å². The molecular weight excluding hydrogens is 400 g/mol. The Bertz CT molecular complexity index is 1050. The minimum absolute atomic E-state index is 0.239. The number of hydrogen-bond donors (Lipinski definition) is 2. The number of nitrogens with zero attached hydrogens (tertiary/aromatic N) is 5. The minimum Gasteiger partial charge on any atom is -0.493 e. The van der Waals surface area contributed by atoms with Gasteiger partial charge in [0.2, 0.25) is 0 Å². The van der Waals surface area contributed by atoms with E-state index in [4.69, 9.17) is 14.2 Å². The fourth-order valence-electron chi connectivity index (χ4n) is 3.73. The van der Waals surface area contributed by atoms with Gasteiger partial charge < -0.3 is 24.6 Å². The lowest BCUT2D eigenvalue weighted by molar-refractivity contribution is 0.0398. The van der Waals surface area contributed by atoms with E-state index in [1.54, 1.807) is 14.2 Å². The molecule has 4 rings (SSSR count). The summed E-state index contributed by atoms with van der Waals surface area (Å²) in [4.78, 5) is 16.2. The highest BCUT2D eigenvalue weighted by molar-refractivity contribution is 5.85. The normalized spacial score (nSPS) is 14.7. The smallest absolute Gasteiger partial charge is 0.170 e. The number of benzene rings is 1. The third-order valence-electron chi connectivity index (χ3n) is 5.28. The van der Waals surface area contributed by atoms with Crippen LogP contribution in [0.4, 0.5) is 5.82 Å².